The molecule has 4 heterocycles. The van der Waals surface area contributed by atoms with Crippen molar-refractivity contribution in [2.24, 2.45) is 7.05 Å². The number of ether oxygens (including phenoxy) is 1. The molecule has 28 heavy (non-hydrogen) atoms. The number of aromatic nitrogens is 5. The van der Waals surface area contributed by atoms with E-state index in [1.54, 1.807) is 19.4 Å². The molecule has 2 aliphatic rings. The minimum absolute atomic E-state index is 0.105. The van der Waals surface area contributed by atoms with Gasteiger partial charge >= 0.3 is 0 Å². The summed E-state index contributed by atoms with van der Waals surface area (Å²) in [5, 5.41) is 3.89. The van der Waals surface area contributed by atoms with Gasteiger partial charge in [0.1, 0.15) is 11.2 Å². The number of morpholine rings is 1. The number of nitrogens with zero attached hydrogens (tertiary/aromatic N) is 6. The smallest absolute Gasteiger partial charge is 0.264 e. The van der Waals surface area contributed by atoms with Gasteiger partial charge in [0.25, 0.3) is 5.56 Å². The summed E-state index contributed by atoms with van der Waals surface area (Å²) in [4.78, 5) is 32.9. The van der Waals surface area contributed by atoms with Crippen molar-refractivity contribution in [1.82, 2.24) is 24.5 Å². The zero-order valence-corrected chi connectivity index (χ0v) is 15.6. The molecule has 1 saturated carbocycles. The molecule has 0 aromatic carbocycles. The summed E-state index contributed by atoms with van der Waals surface area (Å²) in [5.41, 5.74) is 2.00. The molecule has 1 saturated heterocycles. The van der Waals surface area contributed by atoms with Crippen LogP contribution in [-0.4, -0.2) is 56.8 Å². The van der Waals surface area contributed by atoms with Crippen molar-refractivity contribution < 1.29 is 4.74 Å². The van der Waals surface area contributed by atoms with E-state index in [0.717, 1.165) is 31.5 Å². The van der Waals surface area contributed by atoms with Crippen LogP contribution in [0.15, 0.2) is 29.6 Å². The highest BCUT2D eigenvalue weighted by molar-refractivity contribution is 5.91. The second-order valence-corrected chi connectivity index (χ2v) is 7.20. The second-order valence-electron chi connectivity index (χ2n) is 7.20. The summed E-state index contributed by atoms with van der Waals surface area (Å²) in [6, 6.07) is 2.19. The van der Waals surface area contributed by atoms with E-state index in [1.165, 1.54) is 10.9 Å². The van der Waals surface area contributed by atoms with Crippen molar-refractivity contribution in [2.45, 2.75) is 18.9 Å². The van der Waals surface area contributed by atoms with E-state index in [4.69, 9.17) is 9.72 Å². The van der Waals surface area contributed by atoms with Gasteiger partial charge in [0, 0.05) is 44.1 Å². The van der Waals surface area contributed by atoms with Gasteiger partial charge in [-0.05, 0) is 18.9 Å². The van der Waals surface area contributed by atoms with Gasteiger partial charge in [-0.3, -0.25) is 4.79 Å². The Bertz CT molecular complexity index is 1070. The number of aryl methyl sites for hydroxylation is 1. The van der Waals surface area contributed by atoms with Crippen LogP contribution in [0.3, 0.4) is 0 Å². The van der Waals surface area contributed by atoms with Gasteiger partial charge in [0.2, 0.25) is 5.95 Å². The van der Waals surface area contributed by atoms with Gasteiger partial charge in [-0.25, -0.2) is 19.9 Å². The topological polar surface area (TPSA) is 98.1 Å². The first-order valence-electron chi connectivity index (χ1n) is 9.47. The van der Waals surface area contributed by atoms with E-state index < -0.39 is 0 Å². The molecule has 3 aromatic rings. The van der Waals surface area contributed by atoms with E-state index >= 15 is 0 Å². The molecular weight excluding hydrogens is 358 g/mol. The van der Waals surface area contributed by atoms with Crippen LogP contribution in [-0.2, 0) is 11.8 Å². The third-order valence-electron chi connectivity index (χ3n) is 5.05. The van der Waals surface area contributed by atoms with E-state index in [1.807, 2.05) is 6.07 Å². The van der Waals surface area contributed by atoms with Crippen molar-refractivity contribution in [3.8, 4) is 11.3 Å². The Balaban J connectivity index is 1.55. The number of nitrogens with one attached hydrogen (secondary N) is 1. The van der Waals surface area contributed by atoms with E-state index in [-0.39, 0.29) is 5.56 Å². The minimum atomic E-state index is -0.105. The number of fused-ring (bicyclic) bond motifs is 1. The van der Waals surface area contributed by atoms with Gasteiger partial charge in [0.05, 0.1) is 30.8 Å². The first-order valence-corrected chi connectivity index (χ1v) is 9.47. The van der Waals surface area contributed by atoms with Crippen LogP contribution in [0, 0.1) is 0 Å². The number of pyridine rings is 1. The van der Waals surface area contributed by atoms with E-state index in [9.17, 15) is 4.79 Å². The lowest BCUT2D eigenvalue weighted by atomic mass is 10.1. The van der Waals surface area contributed by atoms with Crippen LogP contribution in [0.25, 0.3) is 22.2 Å². The lowest BCUT2D eigenvalue weighted by Gasteiger charge is -2.26. The van der Waals surface area contributed by atoms with Crippen molar-refractivity contribution in [1.29, 1.82) is 0 Å². The zero-order valence-electron chi connectivity index (χ0n) is 15.6. The highest BCUT2D eigenvalue weighted by atomic mass is 16.5. The standard InChI is InChI=1S/C19H21N7O2/c1-25-11-22-15-8-14(24-17(16(15)18(25)27)23-13-2-3-13)12-9-20-19(21-10-12)26-4-6-28-7-5-26/h8-11,13H,2-7H2,1H3,(H,23,24). The average Bonchev–Trinajstić information content (AvgIpc) is 3.55. The third kappa shape index (κ3) is 3.18. The predicted molar refractivity (Wildman–Crippen MR) is 105 cm³/mol. The first-order chi connectivity index (χ1) is 13.7. The fourth-order valence-electron chi connectivity index (χ4n) is 3.28. The lowest BCUT2D eigenvalue weighted by Crippen LogP contribution is -2.37. The van der Waals surface area contributed by atoms with E-state index in [2.05, 4.69) is 25.2 Å². The Morgan fingerprint density at radius 2 is 1.89 bits per heavy atom. The molecule has 9 nitrogen and oxygen atoms in total. The molecule has 5 rings (SSSR count). The van der Waals surface area contributed by atoms with Crippen LogP contribution in [0.5, 0.6) is 0 Å². The summed E-state index contributed by atoms with van der Waals surface area (Å²) in [7, 11) is 1.70. The first kappa shape index (κ1) is 17.1. The summed E-state index contributed by atoms with van der Waals surface area (Å²) < 4.78 is 6.85. The minimum Gasteiger partial charge on any atom is -0.378 e. The summed E-state index contributed by atoms with van der Waals surface area (Å²) in [6.45, 7) is 2.95. The van der Waals surface area contributed by atoms with Gasteiger partial charge in [-0.2, -0.15) is 0 Å². The monoisotopic (exact) mass is 379 g/mol. The summed E-state index contributed by atoms with van der Waals surface area (Å²) in [5.74, 6) is 1.28. The molecule has 0 bridgehead atoms. The molecule has 0 atom stereocenters. The van der Waals surface area contributed by atoms with Crippen molar-refractivity contribution in [2.75, 3.05) is 36.5 Å². The number of anilines is 2. The Labute approximate surface area is 161 Å². The largest absolute Gasteiger partial charge is 0.378 e. The summed E-state index contributed by atoms with van der Waals surface area (Å²) >= 11 is 0. The maximum absolute atomic E-state index is 12.6. The molecule has 1 aliphatic carbocycles. The molecule has 0 amide bonds. The van der Waals surface area contributed by atoms with Gasteiger partial charge in [-0.15, -0.1) is 0 Å². The van der Waals surface area contributed by atoms with Crippen LogP contribution >= 0.6 is 0 Å². The summed E-state index contributed by atoms with van der Waals surface area (Å²) in [6.07, 6.45) is 7.26. The van der Waals surface area contributed by atoms with Gasteiger partial charge < -0.3 is 19.5 Å². The maximum atomic E-state index is 12.6. The molecular formula is C19H21N7O2. The average molecular weight is 379 g/mol. The quantitative estimate of drug-likeness (QED) is 0.722. The Morgan fingerprint density at radius 1 is 1.14 bits per heavy atom. The molecule has 9 heteroatoms. The van der Waals surface area contributed by atoms with E-state index in [0.29, 0.717) is 47.6 Å². The molecule has 1 N–H and O–H groups in total. The van der Waals surface area contributed by atoms with Crippen LogP contribution < -0.4 is 15.8 Å². The van der Waals surface area contributed by atoms with Crippen molar-refractivity contribution >= 4 is 22.7 Å². The molecule has 1 aliphatic heterocycles. The van der Waals surface area contributed by atoms with Gasteiger partial charge in [0.15, 0.2) is 0 Å². The molecule has 0 unspecified atom stereocenters. The molecule has 3 aromatic heterocycles. The number of hydrogen-bond acceptors (Lipinski definition) is 8. The molecule has 2 fully saturated rings. The fraction of sp³-hybridized carbons (Fsp3) is 0.421. The predicted octanol–water partition coefficient (Wildman–Crippen LogP) is 1.20. The number of hydrogen-bond donors (Lipinski definition) is 1. The van der Waals surface area contributed by atoms with Crippen molar-refractivity contribution in [3.63, 3.8) is 0 Å². The fourth-order valence-corrected chi connectivity index (χ4v) is 3.28. The Kier molecular flexibility index (Phi) is 4.16. The van der Waals surface area contributed by atoms with Crippen LogP contribution in [0.4, 0.5) is 11.8 Å². The maximum Gasteiger partial charge on any atom is 0.264 e. The zero-order chi connectivity index (χ0) is 19.1. The van der Waals surface area contributed by atoms with Gasteiger partial charge in [-0.1, -0.05) is 0 Å². The lowest BCUT2D eigenvalue weighted by molar-refractivity contribution is 0.122. The molecule has 144 valence electrons. The van der Waals surface area contributed by atoms with Crippen LogP contribution in [0.2, 0.25) is 0 Å². The normalized spacial score (nSPS) is 17.1. The third-order valence-corrected chi connectivity index (χ3v) is 5.05. The highest BCUT2D eigenvalue weighted by Gasteiger charge is 2.24. The highest BCUT2D eigenvalue weighted by Crippen LogP contribution is 2.29. The van der Waals surface area contributed by atoms with Crippen molar-refractivity contribution in [3.05, 3.63) is 35.1 Å². The SMILES string of the molecule is Cn1cnc2cc(-c3cnc(N4CCOCC4)nc3)nc(NC3CC3)c2c1=O. The molecule has 0 radical (unpaired) electrons. The number of rotatable bonds is 4. The van der Waals surface area contributed by atoms with Crippen LogP contribution in [0.1, 0.15) is 12.8 Å². The Morgan fingerprint density at radius 3 is 2.61 bits per heavy atom. The molecule has 0 spiro atoms. The Hall–Kier alpha value is -3.07. The second kappa shape index (κ2) is 6.83.